The fourth-order valence-electron chi connectivity index (χ4n) is 5.84. The Morgan fingerprint density at radius 1 is 1.17 bits per heavy atom. The highest BCUT2D eigenvalue weighted by atomic mass is 35.5. The summed E-state index contributed by atoms with van der Waals surface area (Å²) in [4.78, 5) is 21.6. The van der Waals surface area contributed by atoms with Crippen LogP contribution in [-0.4, -0.2) is 52.9 Å². The number of nitrogens with one attached hydrogen (secondary N) is 1. The largest absolute Gasteiger partial charge is 0.480 e. The molecule has 2 aliphatic heterocycles. The van der Waals surface area contributed by atoms with Crippen LogP contribution < -0.4 is 20.7 Å². The first-order valence-electron chi connectivity index (χ1n) is 13.8. The number of anilines is 2. The molecule has 2 aliphatic rings. The monoisotopic (exact) mass is 603 g/mol. The van der Waals surface area contributed by atoms with Crippen LogP contribution >= 0.6 is 11.6 Å². The molecule has 42 heavy (non-hydrogen) atoms. The van der Waals surface area contributed by atoms with E-state index < -0.39 is 24.3 Å². The van der Waals surface area contributed by atoms with Crippen molar-refractivity contribution in [1.29, 1.82) is 0 Å². The number of aliphatic carboxylic acids is 1. The van der Waals surface area contributed by atoms with Crippen molar-refractivity contribution in [2.24, 2.45) is 5.41 Å². The van der Waals surface area contributed by atoms with Gasteiger partial charge in [0.2, 0.25) is 17.9 Å². The van der Waals surface area contributed by atoms with Crippen molar-refractivity contribution in [2.75, 3.05) is 30.3 Å². The van der Waals surface area contributed by atoms with Gasteiger partial charge in [-0.2, -0.15) is 23.1 Å². The van der Waals surface area contributed by atoms with Gasteiger partial charge in [-0.1, -0.05) is 55.8 Å². The second kappa shape index (κ2) is 11.6. The number of hydrogen-bond donors (Lipinski definition) is 3. The second-order valence-corrected chi connectivity index (χ2v) is 11.9. The molecule has 1 unspecified atom stereocenters. The fraction of sp³-hybridized carbons (Fsp3) is 0.433. The Bertz CT molecular complexity index is 1460. The number of ether oxygens (including phenoxy) is 1. The molecular formula is C30H33ClF3N5O3. The van der Waals surface area contributed by atoms with E-state index in [-0.39, 0.29) is 28.7 Å². The van der Waals surface area contributed by atoms with E-state index in [1.165, 1.54) is 24.3 Å². The average molecular weight is 604 g/mol. The van der Waals surface area contributed by atoms with Gasteiger partial charge in [0.15, 0.2) is 0 Å². The van der Waals surface area contributed by atoms with Gasteiger partial charge in [-0.15, -0.1) is 0 Å². The van der Waals surface area contributed by atoms with Crippen LogP contribution in [0.25, 0.3) is 11.1 Å². The van der Waals surface area contributed by atoms with Crippen molar-refractivity contribution < 1.29 is 27.8 Å². The highest BCUT2D eigenvalue weighted by Gasteiger charge is 2.46. The lowest BCUT2D eigenvalue weighted by molar-refractivity contribution is -0.198. The molecule has 4 N–H and O–H groups in total. The summed E-state index contributed by atoms with van der Waals surface area (Å²) in [6.45, 7) is 5.71. The van der Waals surface area contributed by atoms with Gasteiger partial charge in [-0.25, -0.2) is 0 Å². The maximum Gasteiger partial charge on any atom is 0.429 e. The number of rotatable bonds is 7. The molecule has 0 aliphatic carbocycles. The van der Waals surface area contributed by atoms with Crippen molar-refractivity contribution >= 4 is 29.3 Å². The van der Waals surface area contributed by atoms with Crippen LogP contribution in [0.15, 0.2) is 48.5 Å². The minimum Gasteiger partial charge on any atom is -0.480 e. The summed E-state index contributed by atoms with van der Waals surface area (Å²) in [7, 11) is 0. The van der Waals surface area contributed by atoms with Crippen LogP contribution in [0.4, 0.5) is 24.9 Å². The molecule has 0 bridgehead atoms. The van der Waals surface area contributed by atoms with E-state index in [0.717, 1.165) is 5.56 Å². The maximum atomic E-state index is 14.6. The van der Waals surface area contributed by atoms with Gasteiger partial charge >= 0.3 is 12.1 Å². The van der Waals surface area contributed by atoms with Crippen molar-refractivity contribution in [3.05, 3.63) is 64.7 Å². The minimum atomic E-state index is -4.79. The number of aromatic nitrogens is 2. The number of nitrogen functional groups attached to an aromatic ring is 1. The quantitative estimate of drug-likeness (QED) is 0.292. The highest BCUT2D eigenvalue weighted by Crippen LogP contribution is 2.43. The zero-order valence-corrected chi connectivity index (χ0v) is 24.0. The lowest BCUT2D eigenvalue weighted by Gasteiger charge is -2.39. The van der Waals surface area contributed by atoms with Gasteiger partial charge < -0.3 is 25.8 Å². The number of hydrogen-bond acceptors (Lipinski definition) is 7. The van der Waals surface area contributed by atoms with E-state index in [1.54, 1.807) is 6.07 Å². The Kier molecular flexibility index (Phi) is 8.26. The Hall–Kier alpha value is -3.57. The lowest BCUT2D eigenvalue weighted by atomic mass is 9.76. The van der Waals surface area contributed by atoms with E-state index in [1.807, 2.05) is 36.9 Å². The standard InChI is InChI=1S/C30H33ClF3N5O3/c1-17(2)18-4-3-5-19(12-18)22-13-20(31)6-7-21(22)26(30(32,33)34)42-25-14-24(37-28(35)38-25)39-10-8-29(9-11-39)15-23(27(40)41)36-16-29/h3-7,12-14,17,23,26,36H,8-11,15-16H2,1-2H3,(H,40,41)(H2,35,37,38)/t23-,26?/m0/s1. The van der Waals surface area contributed by atoms with Crippen LogP contribution in [0.1, 0.15) is 56.3 Å². The molecule has 3 aromatic rings. The van der Waals surface area contributed by atoms with E-state index in [4.69, 9.17) is 22.1 Å². The van der Waals surface area contributed by atoms with Crippen molar-refractivity contribution in [3.8, 4) is 17.0 Å². The van der Waals surface area contributed by atoms with Crippen LogP contribution in [0.5, 0.6) is 5.88 Å². The molecule has 2 fully saturated rings. The Labute approximate surface area is 247 Å². The second-order valence-electron chi connectivity index (χ2n) is 11.4. The summed E-state index contributed by atoms with van der Waals surface area (Å²) in [5.74, 6) is -0.841. The smallest absolute Gasteiger partial charge is 0.429 e. The maximum absolute atomic E-state index is 14.6. The molecule has 1 aromatic heterocycles. The zero-order chi connectivity index (χ0) is 30.2. The number of nitrogens with zero attached hydrogens (tertiary/aromatic N) is 3. The Morgan fingerprint density at radius 3 is 2.55 bits per heavy atom. The van der Waals surface area contributed by atoms with Gasteiger partial charge in [0.25, 0.3) is 0 Å². The number of halogens is 4. The molecule has 3 heterocycles. The number of carboxylic acid groups (broad SMARTS) is 1. The molecule has 2 aromatic carbocycles. The summed E-state index contributed by atoms with van der Waals surface area (Å²) in [6.07, 6.45) is -5.19. The molecule has 224 valence electrons. The third-order valence-electron chi connectivity index (χ3n) is 8.21. The van der Waals surface area contributed by atoms with Crippen molar-refractivity contribution in [1.82, 2.24) is 15.3 Å². The molecule has 0 radical (unpaired) electrons. The summed E-state index contributed by atoms with van der Waals surface area (Å²) in [5, 5.41) is 12.7. The summed E-state index contributed by atoms with van der Waals surface area (Å²) in [5.41, 5.74) is 7.57. The molecule has 8 nitrogen and oxygen atoms in total. The number of alkyl halides is 3. The lowest BCUT2D eigenvalue weighted by Crippen LogP contribution is -2.41. The van der Waals surface area contributed by atoms with Crippen LogP contribution in [-0.2, 0) is 4.79 Å². The van der Waals surface area contributed by atoms with Gasteiger partial charge in [0.05, 0.1) is 0 Å². The Morgan fingerprint density at radius 2 is 1.90 bits per heavy atom. The van der Waals surface area contributed by atoms with Crippen LogP contribution in [0, 0.1) is 5.41 Å². The van der Waals surface area contributed by atoms with E-state index in [2.05, 4.69) is 15.3 Å². The van der Waals surface area contributed by atoms with Gasteiger partial charge in [-0.3, -0.25) is 4.79 Å². The molecule has 2 atom stereocenters. The fourth-order valence-corrected chi connectivity index (χ4v) is 6.01. The molecule has 0 saturated carbocycles. The summed E-state index contributed by atoms with van der Waals surface area (Å²) < 4.78 is 49.4. The first-order valence-corrected chi connectivity index (χ1v) is 14.2. The molecule has 2 saturated heterocycles. The molecule has 5 rings (SSSR count). The molecule has 0 amide bonds. The number of benzene rings is 2. The number of piperidine rings is 1. The molecular weight excluding hydrogens is 571 g/mol. The van der Waals surface area contributed by atoms with Crippen LogP contribution in [0.2, 0.25) is 5.02 Å². The Balaban J connectivity index is 1.42. The first-order chi connectivity index (χ1) is 19.8. The van der Waals surface area contributed by atoms with Crippen molar-refractivity contribution in [3.63, 3.8) is 0 Å². The third-order valence-corrected chi connectivity index (χ3v) is 8.45. The van der Waals surface area contributed by atoms with Crippen molar-refractivity contribution in [2.45, 2.75) is 57.3 Å². The highest BCUT2D eigenvalue weighted by molar-refractivity contribution is 6.30. The third kappa shape index (κ3) is 6.42. The molecule has 12 heteroatoms. The van der Waals surface area contributed by atoms with Gasteiger partial charge in [-0.05, 0) is 59.4 Å². The predicted molar refractivity (Wildman–Crippen MR) is 155 cm³/mol. The molecule has 1 spiro atoms. The topological polar surface area (TPSA) is 114 Å². The summed E-state index contributed by atoms with van der Waals surface area (Å²) >= 11 is 6.25. The summed E-state index contributed by atoms with van der Waals surface area (Å²) in [6, 6.07) is 12.4. The first kappa shape index (κ1) is 29.9. The van der Waals surface area contributed by atoms with Gasteiger partial charge in [0.1, 0.15) is 11.9 Å². The number of carboxylic acids is 1. The SMILES string of the molecule is CC(C)c1cccc(-c2cc(Cl)ccc2C(Oc2cc(N3CCC4(CC3)CN[C@H](C(=O)O)C4)nc(N)n2)C(F)(F)F)c1. The average Bonchev–Trinajstić information content (AvgIpc) is 3.35. The van der Waals surface area contributed by atoms with E-state index >= 15 is 0 Å². The van der Waals surface area contributed by atoms with Crippen LogP contribution in [0.3, 0.4) is 0 Å². The number of carbonyl (C=O) groups is 1. The van der Waals surface area contributed by atoms with Gasteiger partial charge in [0, 0.05) is 36.3 Å². The zero-order valence-electron chi connectivity index (χ0n) is 23.3. The minimum absolute atomic E-state index is 0.104. The number of nitrogens with two attached hydrogens (primary N) is 1. The predicted octanol–water partition coefficient (Wildman–Crippen LogP) is 6.22. The normalized spacial score (nSPS) is 19.3. The van der Waals surface area contributed by atoms with E-state index in [0.29, 0.717) is 60.9 Å². The van der Waals surface area contributed by atoms with E-state index in [9.17, 15) is 23.1 Å².